The number of ether oxygens (including phenoxy) is 2. The smallest absolute Gasteiger partial charge is 0.410 e. The average molecular weight is 297 g/mol. The number of nitrogens with one attached hydrogen (secondary N) is 1. The van der Waals surface area contributed by atoms with Crippen LogP contribution in [0.5, 0.6) is 0 Å². The SMILES string of the molecule is CC(OC(=O)NCCCS(=O)(=O)O)OC(=O)C(C)C. The summed E-state index contributed by atoms with van der Waals surface area (Å²) in [4.78, 5) is 22.4. The minimum Gasteiger partial charge on any atom is -0.425 e. The second kappa shape index (κ2) is 7.95. The highest BCUT2D eigenvalue weighted by Gasteiger charge is 2.16. The van der Waals surface area contributed by atoms with Crippen molar-refractivity contribution in [1.82, 2.24) is 5.32 Å². The van der Waals surface area contributed by atoms with Gasteiger partial charge in [-0.2, -0.15) is 8.42 Å². The molecule has 19 heavy (non-hydrogen) atoms. The molecule has 0 heterocycles. The van der Waals surface area contributed by atoms with Crippen LogP contribution in [-0.2, 0) is 24.4 Å². The third-order valence-corrected chi connectivity index (χ3v) is 2.68. The molecule has 0 aromatic carbocycles. The molecule has 0 bridgehead atoms. The fourth-order valence-corrected chi connectivity index (χ4v) is 1.47. The Morgan fingerprint density at radius 1 is 1.21 bits per heavy atom. The Bertz CT molecular complexity index is 404. The number of hydrogen-bond donors (Lipinski definition) is 2. The van der Waals surface area contributed by atoms with Gasteiger partial charge in [-0.3, -0.25) is 9.35 Å². The predicted molar refractivity (Wildman–Crippen MR) is 65.9 cm³/mol. The molecule has 1 atom stereocenters. The summed E-state index contributed by atoms with van der Waals surface area (Å²) in [7, 11) is -4.03. The molecule has 0 saturated carbocycles. The normalized spacial score (nSPS) is 12.9. The number of rotatable bonds is 7. The second-order valence-electron chi connectivity index (χ2n) is 4.13. The number of hydrogen-bond acceptors (Lipinski definition) is 6. The van der Waals surface area contributed by atoms with Crippen molar-refractivity contribution in [3.63, 3.8) is 0 Å². The maximum Gasteiger partial charge on any atom is 0.410 e. The van der Waals surface area contributed by atoms with Gasteiger partial charge in [-0.1, -0.05) is 13.8 Å². The van der Waals surface area contributed by atoms with E-state index in [1.54, 1.807) is 13.8 Å². The summed E-state index contributed by atoms with van der Waals surface area (Å²) in [5.41, 5.74) is 0. The van der Waals surface area contributed by atoms with Gasteiger partial charge in [0.05, 0.1) is 11.7 Å². The summed E-state index contributed by atoms with van der Waals surface area (Å²) < 4.78 is 38.7. The minimum absolute atomic E-state index is 0.0173. The van der Waals surface area contributed by atoms with Crippen LogP contribution < -0.4 is 5.32 Å². The van der Waals surface area contributed by atoms with Gasteiger partial charge in [0, 0.05) is 13.5 Å². The molecule has 112 valence electrons. The van der Waals surface area contributed by atoms with Crippen molar-refractivity contribution in [3.05, 3.63) is 0 Å². The first-order valence-corrected chi connectivity index (χ1v) is 7.33. The van der Waals surface area contributed by atoms with Crippen LogP contribution in [0.2, 0.25) is 0 Å². The Labute approximate surface area is 112 Å². The van der Waals surface area contributed by atoms with Gasteiger partial charge in [0.25, 0.3) is 10.1 Å². The van der Waals surface area contributed by atoms with Gasteiger partial charge >= 0.3 is 12.1 Å². The number of amides is 1. The maximum atomic E-state index is 11.2. The van der Waals surface area contributed by atoms with Crippen molar-refractivity contribution in [2.24, 2.45) is 5.92 Å². The molecule has 0 aromatic rings. The fourth-order valence-electron chi connectivity index (χ4n) is 0.961. The zero-order chi connectivity index (χ0) is 15.1. The summed E-state index contributed by atoms with van der Waals surface area (Å²) in [6, 6.07) is 0. The van der Waals surface area contributed by atoms with E-state index >= 15 is 0 Å². The lowest BCUT2D eigenvalue weighted by Crippen LogP contribution is -2.32. The molecule has 0 aliphatic carbocycles. The first kappa shape index (κ1) is 17.6. The van der Waals surface area contributed by atoms with E-state index in [-0.39, 0.29) is 18.9 Å². The van der Waals surface area contributed by atoms with Gasteiger partial charge in [0.1, 0.15) is 0 Å². The molecule has 0 aliphatic heterocycles. The van der Waals surface area contributed by atoms with Crippen molar-refractivity contribution >= 4 is 22.2 Å². The maximum absolute atomic E-state index is 11.2. The van der Waals surface area contributed by atoms with E-state index < -0.39 is 34.2 Å². The number of esters is 1. The van der Waals surface area contributed by atoms with E-state index in [0.717, 1.165) is 0 Å². The van der Waals surface area contributed by atoms with Crippen LogP contribution in [0.15, 0.2) is 0 Å². The largest absolute Gasteiger partial charge is 0.425 e. The summed E-state index contributed by atoms with van der Waals surface area (Å²) in [6.45, 7) is 4.69. The Hall–Kier alpha value is -1.35. The Morgan fingerprint density at radius 3 is 2.26 bits per heavy atom. The number of carbonyl (C=O) groups is 2. The molecule has 0 rings (SSSR count). The average Bonchev–Trinajstić information content (AvgIpc) is 2.22. The molecule has 1 amide bonds. The minimum atomic E-state index is -4.03. The summed E-state index contributed by atoms with van der Waals surface area (Å²) in [5.74, 6) is -1.28. The molecule has 0 aromatic heterocycles. The summed E-state index contributed by atoms with van der Waals surface area (Å²) >= 11 is 0. The lowest BCUT2D eigenvalue weighted by Gasteiger charge is -2.15. The Balaban J connectivity index is 3.83. The zero-order valence-electron chi connectivity index (χ0n) is 11.1. The van der Waals surface area contributed by atoms with Crippen molar-refractivity contribution in [2.75, 3.05) is 12.3 Å². The second-order valence-corrected chi connectivity index (χ2v) is 5.70. The number of carbonyl (C=O) groups excluding carboxylic acids is 2. The monoisotopic (exact) mass is 297 g/mol. The van der Waals surface area contributed by atoms with Gasteiger partial charge in [-0.05, 0) is 6.42 Å². The van der Waals surface area contributed by atoms with Gasteiger partial charge in [-0.15, -0.1) is 0 Å². The van der Waals surface area contributed by atoms with Crippen LogP contribution in [0.3, 0.4) is 0 Å². The summed E-state index contributed by atoms with van der Waals surface area (Å²) in [6.07, 6.45) is -1.82. The van der Waals surface area contributed by atoms with E-state index in [1.165, 1.54) is 6.92 Å². The molecular formula is C10H19NO7S. The third-order valence-electron chi connectivity index (χ3n) is 1.87. The molecule has 0 radical (unpaired) electrons. The lowest BCUT2D eigenvalue weighted by atomic mass is 10.2. The van der Waals surface area contributed by atoms with Gasteiger partial charge < -0.3 is 14.8 Å². The van der Waals surface area contributed by atoms with Crippen molar-refractivity contribution < 1.29 is 32.0 Å². The van der Waals surface area contributed by atoms with Crippen LogP contribution in [0.25, 0.3) is 0 Å². The molecule has 1 unspecified atom stereocenters. The van der Waals surface area contributed by atoms with Gasteiger partial charge in [-0.25, -0.2) is 4.79 Å². The highest BCUT2D eigenvalue weighted by molar-refractivity contribution is 7.85. The van der Waals surface area contributed by atoms with E-state index in [9.17, 15) is 18.0 Å². The summed E-state index contributed by atoms with van der Waals surface area (Å²) in [5, 5.41) is 2.26. The van der Waals surface area contributed by atoms with Crippen LogP contribution in [0.4, 0.5) is 4.79 Å². The molecule has 0 fully saturated rings. The van der Waals surface area contributed by atoms with E-state index in [4.69, 9.17) is 14.0 Å². The van der Waals surface area contributed by atoms with E-state index in [0.29, 0.717) is 0 Å². The molecule has 8 nitrogen and oxygen atoms in total. The highest BCUT2D eigenvalue weighted by atomic mass is 32.2. The standard InChI is InChI=1S/C10H19NO7S/c1-7(2)9(12)17-8(3)18-10(13)11-5-4-6-19(14,15)16/h7-8H,4-6H2,1-3H3,(H,11,13)(H,14,15,16). The van der Waals surface area contributed by atoms with E-state index in [2.05, 4.69) is 5.32 Å². The van der Waals surface area contributed by atoms with Crippen molar-refractivity contribution in [2.45, 2.75) is 33.5 Å². The molecule has 0 spiro atoms. The van der Waals surface area contributed by atoms with Crippen molar-refractivity contribution in [1.29, 1.82) is 0 Å². The fraction of sp³-hybridized carbons (Fsp3) is 0.800. The highest BCUT2D eigenvalue weighted by Crippen LogP contribution is 2.01. The van der Waals surface area contributed by atoms with E-state index in [1.807, 2.05) is 0 Å². The third kappa shape index (κ3) is 10.3. The van der Waals surface area contributed by atoms with Crippen molar-refractivity contribution in [3.8, 4) is 0 Å². The first-order chi connectivity index (χ1) is 8.61. The van der Waals surface area contributed by atoms with Crippen LogP contribution in [-0.4, -0.2) is 43.6 Å². The Kier molecular flexibility index (Phi) is 7.38. The number of alkyl carbamates (subject to hydrolysis) is 1. The molecule has 2 N–H and O–H groups in total. The molecular weight excluding hydrogens is 278 g/mol. The lowest BCUT2D eigenvalue weighted by molar-refractivity contribution is -0.168. The zero-order valence-corrected chi connectivity index (χ0v) is 11.9. The Morgan fingerprint density at radius 2 is 1.79 bits per heavy atom. The molecule has 0 aliphatic rings. The molecule has 0 saturated heterocycles. The van der Waals surface area contributed by atoms with Gasteiger partial charge in [0.15, 0.2) is 0 Å². The first-order valence-electron chi connectivity index (χ1n) is 5.72. The van der Waals surface area contributed by atoms with Gasteiger partial charge in [0.2, 0.25) is 6.29 Å². The molecule has 9 heteroatoms. The van der Waals surface area contributed by atoms with Crippen LogP contribution in [0, 0.1) is 5.92 Å². The quantitative estimate of drug-likeness (QED) is 0.304. The van der Waals surface area contributed by atoms with Crippen LogP contribution in [0.1, 0.15) is 27.2 Å². The predicted octanol–water partition coefficient (Wildman–Crippen LogP) is 0.536. The van der Waals surface area contributed by atoms with Crippen LogP contribution >= 0.6 is 0 Å². The topological polar surface area (TPSA) is 119 Å².